The second-order valence-electron chi connectivity index (χ2n) is 6.19. The molecule has 1 amide bonds. The minimum absolute atomic E-state index is 0.0367. The molecule has 1 unspecified atom stereocenters. The quantitative estimate of drug-likeness (QED) is 0.867. The van der Waals surface area contributed by atoms with Crippen LogP contribution in [0.2, 0.25) is 0 Å². The first kappa shape index (κ1) is 15.7. The van der Waals surface area contributed by atoms with Gasteiger partial charge in [-0.15, -0.1) is 0 Å². The molecule has 1 aliphatic heterocycles. The van der Waals surface area contributed by atoms with Gasteiger partial charge in [-0.3, -0.25) is 9.78 Å². The van der Waals surface area contributed by atoms with Gasteiger partial charge < -0.3 is 10.0 Å². The third-order valence-electron chi connectivity index (χ3n) is 4.11. The molecule has 4 heteroatoms. The zero-order valence-corrected chi connectivity index (χ0v) is 12.9. The Kier molecular flexibility index (Phi) is 5.12. The summed E-state index contributed by atoms with van der Waals surface area (Å²) in [4.78, 5) is 18.5. The van der Waals surface area contributed by atoms with Crippen molar-refractivity contribution >= 4 is 5.91 Å². The van der Waals surface area contributed by atoms with E-state index in [2.05, 4.69) is 24.9 Å². The Morgan fingerprint density at radius 1 is 1.48 bits per heavy atom. The average Bonchev–Trinajstić information content (AvgIpc) is 2.53. The van der Waals surface area contributed by atoms with E-state index in [1.807, 2.05) is 11.0 Å². The van der Waals surface area contributed by atoms with E-state index in [-0.39, 0.29) is 17.9 Å². The van der Waals surface area contributed by atoms with Crippen LogP contribution < -0.4 is 0 Å². The molecule has 1 aromatic rings. The van der Waals surface area contributed by atoms with Crippen molar-refractivity contribution in [2.75, 3.05) is 19.7 Å². The number of aliphatic hydroxyl groups is 1. The monoisotopic (exact) mass is 288 g/mol. The lowest BCUT2D eigenvalue weighted by Crippen LogP contribution is -2.47. The van der Waals surface area contributed by atoms with E-state index < -0.39 is 0 Å². The van der Waals surface area contributed by atoms with Crippen LogP contribution in [0.1, 0.15) is 43.6 Å². The first-order chi connectivity index (χ1) is 10.1. The number of allylic oxidation sites excluding steroid dienone is 2. The highest BCUT2D eigenvalue weighted by Gasteiger charge is 2.36. The molecule has 1 N–H and O–H groups in total. The Labute approximate surface area is 126 Å². The highest BCUT2D eigenvalue weighted by molar-refractivity contribution is 5.92. The van der Waals surface area contributed by atoms with Crippen LogP contribution in [0.3, 0.4) is 0 Å². The Balaban J connectivity index is 2.12. The summed E-state index contributed by atoms with van der Waals surface area (Å²) < 4.78 is 0. The summed E-state index contributed by atoms with van der Waals surface area (Å²) in [5.41, 5.74) is 1.52. The lowest BCUT2D eigenvalue weighted by atomic mass is 9.77. The van der Waals surface area contributed by atoms with Crippen LogP contribution in [-0.4, -0.2) is 40.6 Å². The fourth-order valence-corrected chi connectivity index (χ4v) is 2.81. The number of hydrogen-bond donors (Lipinski definition) is 1. The van der Waals surface area contributed by atoms with Crippen molar-refractivity contribution in [3.63, 3.8) is 0 Å². The van der Waals surface area contributed by atoms with Gasteiger partial charge >= 0.3 is 0 Å². The number of pyridine rings is 1. The van der Waals surface area contributed by atoms with Gasteiger partial charge in [0.1, 0.15) is 5.69 Å². The highest BCUT2D eigenvalue weighted by Crippen LogP contribution is 2.34. The normalized spacial score (nSPS) is 22.0. The number of carbonyl (C=O) groups excluding carboxylic acids is 1. The molecule has 1 atom stereocenters. The molecular weight excluding hydrogens is 264 g/mol. The highest BCUT2D eigenvalue weighted by atomic mass is 16.3. The molecule has 2 rings (SSSR count). The second kappa shape index (κ2) is 6.85. The van der Waals surface area contributed by atoms with Crippen LogP contribution in [0.4, 0.5) is 0 Å². The summed E-state index contributed by atoms with van der Waals surface area (Å²) in [7, 11) is 0. The number of aliphatic hydroxyl groups excluding tert-OH is 1. The number of nitrogens with zero attached hydrogens (tertiary/aromatic N) is 2. The molecule has 114 valence electrons. The standard InChI is InChI=1S/C17H24N2O2/c1-14(2)7-9-17(13-20)8-5-11-19(12-17)16(21)15-6-3-4-10-18-15/h3-4,6-7,10,20H,5,8-9,11-13H2,1-2H3. The van der Waals surface area contributed by atoms with Gasteiger partial charge in [0.05, 0.1) is 6.61 Å². The number of aromatic nitrogens is 1. The van der Waals surface area contributed by atoms with E-state index in [9.17, 15) is 9.90 Å². The first-order valence-corrected chi connectivity index (χ1v) is 7.51. The Bertz CT molecular complexity index is 509. The van der Waals surface area contributed by atoms with Crippen molar-refractivity contribution < 1.29 is 9.90 Å². The number of likely N-dealkylation sites (tertiary alicyclic amines) is 1. The van der Waals surface area contributed by atoms with Crippen molar-refractivity contribution in [2.24, 2.45) is 5.41 Å². The Hall–Kier alpha value is -1.68. The zero-order chi connectivity index (χ0) is 15.3. The molecule has 2 heterocycles. The number of hydrogen-bond acceptors (Lipinski definition) is 3. The van der Waals surface area contributed by atoms with Crippen molar-refractivity contribution in [3.05, 3.63) is 41.7 Å². The van der Waals surface area contributed by atoms with Crippen LogP contribution in [0.5, 0.6) is 0 Å². The van der Waals surface area contributed by atoms with Gasteiger partial charge in [0, 0.05) is 24.7 Å². The third-order valence-corrected chi connectivity index (χ3v) is 4.11. The van der Waals surface area contributed by atoms with E-state index >= 15 is 0 Å². The lowest BCUT2D eigenvalue weighted by Gasteiger charge is -2.41. The van der Waals surface area contributed by atoms with Gasteiger partial charge in [-0.2, -0.15) is 0 Å². The van der Waals surface area contributed by atoms with E-state index in [4.69, 9.17) is 0 Å². The smallest absolute Gasteiger partial charge is 0.272 e. The molecule has 0 bridgehead atoms. The van der Waals surface area contributed by atoms with Crippen molar-refractivity contribution in [1.29, 1.82) is 0 Å². The fraction of sp³-hybridized carbons (Fsp3) is 0.529. The zero-order valence-electron chi connectivity index (χ0n) is 12.9. The SMILES string of the molecule is CC(C)=CCC1(CO)CCCN(C(=O)c2ccccn2)C1. The van der Waals surface area contributed by atoms with Gasteiger partial charge in [-0.05, 0) is 45.2 Å². The largest absolute Gasteiger partial charge is 0.396 e. The molecule has 0 spiro atoms. The molecule has 0 radical (unpaired) electrons. The first-order valence-electron chi connectivity index (χ1n) is 7.51. The van der Waals surface area contributed by atoms with E-state index in [0.717, 1.165) is 25.8 Å². The van der Waals surface area contributed by atoms with Crippen LogP contribution in [0, 0.1) is 5.41 Å². The maximum Gasteiger partial charge on any atom is 0.272 e. The summed E-state index contributed by atoms with van der Waals surface area (Å²) in [6.45, 7) is 5.58. The number of amides is 1. The number of carbonyl (C=O) groups is 1. The molecule has 1 saturated heterocycles. The van der Waals surface area contributed by atoms with Gasteiger partial charge in [-0.25, -0.2) is 0 Å². The van der Waals surface area contributed by atoms with Gasteiger partial charge in [-0.1, -0.05) is 17.7 Å². The summed E-state index contributed by atoms with van der Waals surface area (Å²) in [6, 6.07) is 5.38. The van der Waals surface area contributed by atoms with E-state index in [1.54, 1.807) is 18.3 Å². The lowest BCUT2D eigenvalue weighted by molar-refractivity contribution is 0.0280. The summed E-state index contributed by atoms with van der Waals surface area (Å²) >= 11 is 0. The molecule has 1 fully saturated rings. The van der Waals surface area contributed by atoms with Crippen molar-refractivity contribution in [1.82, 2.24) is 9.88 Å². The molecule has 0 aliphatic carbocycles. The topological polar surface area (TPSA) is 53.4 Å². The predicted octanol–water partition coefficient (Wildman–Crippen LogP) is 2.65. The van der Waals surface area contributed by atoms with Crippen molar-refractivity contribution in [2.45, 2.75) is 33.1 Å². The predicted molar refractivity (Wildman–Crippen MR) is 82.9 cm³/mol. The molecular formula is C17H24N2O2. The number of rotatable bonds is 4. The van der Waals surface area contributed by atoms with Gasteiger partial charge in [0.15, 0.2) is 0 Å². The summed E-state index contributed by atoms with van der Waals surface area (Å²) in [6.07, 6.45) is 6.50. The maximum absolute atomic E-state index is 12.5. The van der Waals surface area contributed by atoms with E-state index in [1.165, 1.54) is 5.57 Å². The second-order valence-corrected chi connectivity index (χ2v) is 6.19. The molecule has 4 nitrogen and oxygen atoms in total. The average molecular weight is 288 g/mol. The Morgan fingerprint density at radius 3 is 2.90 bits per heavy atom. The van der Waals surface area contributed by atoms with Crippen LogP contribution in [0.25, 0.3) is 0 Å². The number of piperidine rings is 1. The third kappa shape index (κ3) is 3.91. The van der Waals surface area contributed by atoms with Gasteiger partial charge in [0.2, 0.25) is 0 Å². The van der Waals surface area contributed by atoms with Crippen LogP contribution in [0.15, 0.2) is 36.0 Å². The van der Waals surface area contributed by atoms with Crippen LogP contribution in [-0.2, 0) is 0 Å². The molecule has 0 aromatic carbocycles. The molecule has 21 heavy (non-hydrogen) atoms. The fourth-order valence-electron chi connectivity index (χ4n) is 2.81. The Morgan fingerprint density at radius 2 is 2.29 bits per heavy atom. The van der Waals surface area contributed by atoms with Gasteiger partial charge in [0.25, 0.3) is 5.91 Å². The summed E-state index contributed by atoms with van der Waals surface area (Å²) in [5, 5.41) is 9.84. The van der Waals surface area contributed by atoms with Crippen molar-refractivity contribution in [3.8, 4) is 0 Å². The van der Waals surface area contributed by atoms with E-state index in [0.29, 0.717) is 12.2 Å². The molecule has 1 aromatic heterocycles. The summed E-state index contributed by atoms with van der Waals surface area (Å²) in [5.74, 6) is -0.0367. The minimum Gasteiger partial charge on any atom is -0.396 e. The van der Waals surface area contributed by atoms with Crippen LogP contribution >= 0.6 is 0 Å². The minimum atomic E-state index is -0.208. The maximum atomic E-state index is 12.5. The molecule has 0 saturated carbocycles. The molecule has 1 aliphatic rings.